The van der Waals surface area contributed by atoms with Gasteiger partial charge in [0.1, 0.15) is 0 Å². The molecule has 0 aliphatic carbocycles. The first kappa shape index (κ1) is 31.1. The first-order valence-electron chi connectivity index (χ1n) is 11.7. The Hall–Kier alpha value is -1.10. The molecule has 180 valence electrons. The van der Waals surface area contributed by atoms with Crippen molar-refractivity contribution in [3.8, 4) is 0 Å². The van der Waals surface area contributed by atoms with Crippen molar-refractivity contribution in [3.05, 3.63) is 0 Å². The molecule has 0 fully saturated rings. The summed E-state index contributed by atoms with van der Waals surface area (Å²) in [6.07, 6.45) is 2.06. The van der Waals surface area contributed by atoms with Crippen molar-refractivity contribution in [1.82, 2.24) is 14.7 Å². The molecule has 5 heteroatoms. The Kier molecular flexibility index (Phi) is 17.2. The molecule has 0 bridgehead atoms. The summed E-state index contributed by atoms with van der Waals surface area (Å²) >= 11 is 0. The first-order chi connectivity index (χ1) is 13.5. The van der Waals surface area contributed by atoms with Crippen molar-refractivity contribution in [1.29, 1.82) is 0 Å². The van der Waals surface area contributed by atoms with Crippen LogP contribution in [0, 0.1) is 23.7 Å². The molecule has 0 saturated carbocycles. The SMILES string of the molecule is C.CCCCN(CC(=O)N(CC(C)C)CC(C)C)CC(=O)N(CC(C)C)CC(C)C. The fourth-order valence-corrected chi connectivity index (χ4v) is 3.50. The number of amides is 2. The highest BCUT2D eigenvalue weighted by Crippen LogP contribution is 2.09. The number of carbonyl (C=O) groups is 2. The molecule has 0 radical (unpaired) electrons. The Bertz CT molecular complexity index is 403. The number of carbonyl (C=O) groups excluding carboxylic acids is 2. The number of unbranched alkanes of at least 4 members (excludes halogenated alkanes) is 1. The van der Waals surface area contributed by atoms with Gasteiger partial charge in [-0.1, -0.05) is 76.2 Å². The second kappa shape index (κ2) is 16.6. The van der Waals surface area contributed by atoms with Gasteiger partial charge in [0.2, 0.25) is 11.8 Å². The molecule has 0 spiro atoms. The zero-order chi connectivity index (χ0) is 22.6. The highest BCUT2D eigenvalue weighted by atomic mass is 16.2. The van der Waals surface area contributed by atoms with Crippen LogP contribution in [0.5, 0.6) is 0 Å². The molecule has 0 atom stereocenters. The molecule has 0 aromatic carbocycles. The van der Waals surface area contributed by atoms with Gasteiger partial charge in [0, 0.05) is 26.2 Å². The van der Waals surface area contributed by atoms with E-state index in [1.165, 1.54) is 0 Å². The maximum absolute atomic E-state index is 13.1. The molecule has 0 N–H and O–H groups in total. The summed E-state index contributed by atoms with van der Waals surface area (Å²) in [7, 11) is 0. The molecule has 0 aliphatic rings. The molecule has 0 aromatic heterocycles. The Balaban J connectivity index is 0. The zero-order valence-corrected chi connectivity index (χ0v) is 20.8. The third kappa shape index (κ3) is 14.8. The van der Waals surface area contributed by atoms with Crippen LogP contribution < -0.4 is 0 Å². The van der Waals surface area contributed by atoms with E-state index in [9.17, 15) is 9.59 Å². The molecule has 0 saturated heterocycles. The fourth-order valence-electron chi connectivity index (χ4n) is 3.50. The summed E-state index contributed by atoms with van der Waals surface area (Å²) in [4.78, 5) is 32.1. The maximum Gasteiger partial charge on any atom is 0.236 e. The van der Waals surface area contributed by atoms with Gasteiger partial charge in [0.05, 0.1) is 13.1 Å². The van der Waals surface area contributed by atoms with E-state index in [0.29, 0.717) is 36.8 Å². The van der Waals surface area contributed by atoms with Crippen molar-refractivity contribution in [2.75, 3.05) is 45.8 Å². The van der Waals surface area contributed by atoms with Gasteiger partial charge >= 0.3 is 0 Å². The summed E-state index contributed by atoms with van der Waals surface area (Å²) in [6, 6.07) is 0. The molecule has 0 unspecified atom stereocenters. The average Bonchev–Trinajstić information content (AvgIpc) is 2.56. The third-order valence-corrected chi connectivity index (χ3v) is 4.59. The number of hydrogen-bond donors (Lipinski definition) is 0. The van der Waals surface area contributed by atoms with Crippen molar-refractivity contribution in [2.45, 2.75) is 82.6 Å². The van der Waals surface area contributed by atoms with E-state index in [2.05, 4.69) is 67.2 Å². The van der Waals surface area contributed by atoms with Gasteiger partial charge in [-0.3, -0.25) is 14.5 Å². The molecule has 0 aromatic rings. The summed E-state index contributed by atoms with van der Waals surface area (Å²) in [5, 5.41) is 0. The smallest absolute Gasteiger partial charge is 0.236 e. The van der Waals surface area contributed by atoms with Crippen molar-refractivity contribution in [2.24, 2.45) is 23.7 Å². The number of hydrogen-bond acceptors (Lipinski definition) is 3. The fraction of sp³-hybridized carbons (Fsp3) is 0.920. The monoisotopic (exact) mass is 427 g/mol. The second-order valence-corrected chi connectivity index (χ2v) is 10.2. The molecule has 5 nitrogen and oxygen atoms in total. The predicted octanol–water partition coefficient (Wildman–Crippen LogP) is 5.01. The number of rotatable bonds is 15. The lowest BCUT2D eigenvalue weighted by Crippen LogP contribution is -2.48. The highest BCUT2D eigenvalue weighted by molar-refractivity contribution is 5.81. The van der Waals surface area contributed by atoms with E-state index in [0.717, 1.165) is 45.6 Å². The molecular formula is C25H53N3O2. The lowest BCUT2D eigenvalue weighted by Gasteiger charge is -2.32. The van der Waals surface area contributed by atoms with Crippen LogP contribution >= 0.6 is 0 Å². The lowest BCUT2D eigenvalue weighted by atomic mass is 10.1. The normalized spacial score (nSPS) is 11.5. The van der Waals surface area contributed by atoms with Crippen LogP contribution in [0.2, 0.25) is 0 Å². The van der Waals surface area contributed by atoms with Crippen LogP contribution in [-0.4, -0.2) is 72.3 Å². The van der Waals surface area contributed by atoms with Gasteiger partial charge in [-0.2, -0.15) is 0 Å². The predicted molar refractivity (Wildman–Crippen MR) is 131 cm³/mol. The minimum atomic E-state index is 0. The minimum absolute atomic E-state index is 0. The van der Waals surface area contributed by atoms with E-state index in [4.69, 9.17) is 0 Å². The van der Waals surface area contributed by atoms with Crippen LogP contribution in [0.3, 0.4) is 0 Å². The summed E-state index contributed by atoms with van der Waals surface area (Å²) in [5.74, 6) is 2.06. The standard InChI is InChI=1S/C24H49N3O2.CH4/c1-10-11-12-25(17-23(28)26(13-19(2)3)14-20(4)5)18-24(29)27(15-21(6)7)16-22(8)9;/h19-22H,10-18H2,1-9H3;1H4. The lowest BCUT2D eigenvalue weighted by molar-refractivity contribution is -0.137. The van der Waals surface area contributed by atoms with Crippen LogP contribution in [0.1, 0.15) is 82.6 Å². The van der Waals surface area contributed by atoms with Gasteiger partial charge in [-0.05, 0) is 36.6 Å². The average molecular weight is 428 g/mol. The third-order valence-electron chi connectivity index (χ3n) is 4.59. The van der Waals surface area contributed by atoms with E-state index >= 15 is 0 Å². The van der Waals surface area contributed by atoms with E-state index < -0.39 is 0 Å². The minimum Gasteiger partial charge on any atom is -0.341 e. The van der Waals surface area contributed by atoms with Gasteiger partial charge in [-0.25, -0.2) is 0 Å². The topological polar surface area (TPSA) is 43.9 Å². The Morgan fingerprint density at radius 3 is 1.17 bits per heavy atom. The summed E-state index contributed by atoms with van der Waals surface area (Å²) < 4.78 is 0. The van der Waals surface area contributed by atoms with Crippen LogP contribution in [0.15, 0.2) is 0 Å². The molecular weight excluding hydrogens is 374 g/mol. The molecule has 0 rings (SSSR count). The van der Waals surface area contributed by atoms with Gasteiger partial charge in [-0.15, -0.1) is 0 Å². The Labute approximate surface area is 188 Å². The number of nitrogens with zero attached hydrogens (tertiary/aromatic N) is 3. The van der Waals surface area contributed by atoms with Crippen molar-refractivity contribution in [3.63, 3.8) is 0 Å². The highest BCUT2D eigenvalue weighted by Gasteiger charge is 2.23. The van der Waals surface area contributed by atoms with Gasteiger partial charge in [0.25, 0.3) is 0 Å². The van der Waals surface area contributed by atoms with Crippen LogP contribution in [0.25, 0.3) is 0 Å². The quantitative estimate of drug-likeness (QED) is 0.369. The Morgan fingerprint density at radius 2 is 0.933 bits per heavy atom. The summed E-state index contributed by atoms with van der Waals surface area (Å²) in [5.41, 5.74) is 0. The van der Waals surface area contributed by atoms with E-state index in [1.807, 2.05) is 9.80 Å². The van der Waals surface area contributed by atoms with Crippen LogP contribution in [0.4, 0.5) is 0 Å². The first-order valence-corrected chi connectivity index (χ1v) is 11.7. The van der Waals surface area contributed by atoms with E-state index in [1.54, 1.807) is 0 Å². The summed E-state index contributed by atoms with van der Waals surface area (Å²) in [6.45, 7) is 23.9. The molecule has 0 aliphatic heterocycles. The van der Waals surface area contributed by atoms with Gasteiger partial charge in [0.15, 0.2) is 0 Å². The molecule has 2 amide bonds. The molecule has 30 heavy (non-hydrogen) atoms. The second-order valence-electron chi connectivity index (χ2n) is 10.2. The van der Waals surface area contributed by atoms with Crippen molar-refractivity contribution < 1.29 is 9.59 Å². The largest absolute Gasteiger partial charge is 0.341 e. The maximum atomic E-state index is 13.1. The van der Waals surface area contributed by atoms with Crippen molar-refractivity contribution >= 4 is 11.8 Å². The zero-order valence-electron chi connectivity index (χ0n) is 20.8. The van der Waals surface area contributed by atoms with Crippen LogP contribution in [-0.2, 0) is 9.59 Å². The van der Waals surface area contributed by atoms with Gasteiger partial charge < -0.3 is 9.80 Å². The van der Waals surface area contributed by atoms with E-state index in [-0.39, 0.29) is 19.2 Å². The Morgan fingerprint density at radius 1 is 0.633 bits per heavy atom. The molecule has 0 heterocycles.